The molecule has 64 valence electrons. The number of hydrogen-bond donors (Lipinski definition) is 1. The lowest BCUT2D eigenvalue weighted by molar-refractivity contribution is 0.0926. The maximum Gasteiger partial charge on any atom is 0.269 e. The predicted molar refractivity (Wildman–Crippen MR) is 44.0 cm³/mol. The number of nitrogens with zero attached hydrogens (tertiary/aromatic N) is 2. The van der Waals surface area contributed by atoms with Gasteiger partial charge < -0.3 is 9.88 Å². The molecule has 4 heteroatoms. The van der Waals surface area contributed by atoms with E-state index < -0.39 is 0 Å². The van der Waals surface area contributed by atoms with E-state index in [4.69, 9.17) is 0 Å². The number of aromatic nitrogens is 2. The number of carbonyl (C=O) groups excluding carboxylic acids is 1. The zero-order chi connectivity index (χ0) is 8.72. The highest BCUT2D eigenvalue weighted by atomic mass is 16.2. The van der Waals surface area contributed by atoms with Crippen molar-refractivity contribution in [1.29, 1.82) is 0 Å². The third-order valence-corrected chi connectivity index (χ3v) is 2.17. The van der Waals surface area contributed by atoms with E-state index in [-0.39, 0.29) is 5.91 Å². The number of imidazole rings is 1. The minimum Gasteiger partial charge on any atom is -0.349 e. The van der Waals surface area contributed by atoms with Crippen molar-refractivity contribution in [2.45, 2.75) is 20.4 Å². The third kappa shape index (κ3) is 0.841. The quantitative estimate of drug-likeness (QED) is 0.598. The molecule has 0 spiro atoms. The summed E-state index contributed by atoms with van der Waals surface area (Å²) in [4.78, 5) is 15.6. The van der Waals surface area contributed by atoms with Crippen LogP contribution in [0.3, 0.4) is 0 Å². The minimum atomic E-state index is -0.000602. The van der Waals surface area contributed by atoms with Crippen molar-refractivity contribution >= 4 is 5.91 Å². The summed E-state index contributed by atoms with van der Waals surface area (Å²) in [6, 6.07) is 0. The van der Waals surface area contributed by atoms with Crippen molar-refractivity contribution in [2.24, 2.45) is 0 Å². The van der Waals surface area contributed by atoms with Crippen LogP contribution in [0, 0.1) is 13.8 Å². The first-order valence-corrected chi connectivity index (χ1v) is 4.02. The van der Waals surface area contributed by atoms with E-state index in [1.165, 1.54) is 0 Å². The predicted octanol–water partition coefficient (Wildman–Crippen LogP) is 0.243. The minimum absolute atomic E-state index is 0.000602. The number of hydrogen-bond acceptors (Lipinski definition) is 2. The molecule has 12 heavy (non-hydrogen) atoms. The Bertz CT molecular complexity index is 340. The molecule has 0 bridgehead atoms. The fraction of sp³-hybridized carbons (Fsp3) is 0.500. The van der Waals surface area contributed by atoms with Gasteiger partial charge in [-0.1, -0.05) is 0 Å². The molecule has 0 saturated heterocycles. The van der Waals surface area contributed by atoms with Crippen LogP contribution in [-0.2, 0) is 6.54 Å². The highest BCUT2D eigenvalue weighted by molar-refractivity contribution is 5.94. The van der Waals surface area contributed by atoms with Gasteiger partial charge in [0.1, 0.15) is 11.5 Å². The third-order valence-electron chi connectivity index (χ3n) is 2.17. The largest absolute Gasteiger partial charge is 0.349 e. The molecule has 2 rings (SSSR count). The number of fused-ring (bicyclic) bond motifs is 1. The van der Waals surface area contributed by atoms with Gasteiger partial charge >= 0.3 is 0 Å². The first-order valence-electron chi connectivity index (χ1n) is 4.02. The Morgan fingerprint density at radius 2 is 2.25 bits per heavy atom. The molecular weight excluding hydrogens is 154 g/mol. The van der Waals surface area contributed by atoms with Crippen molar-refractivity contribution in [1.82, 2.24) is 14.9 Å². The molecule has 0 atom stereocenters. The van der Waals surface area contributed by atoms with E-state index in [0.29, 0.717) is 6.54 Å². The van der Waals surface area contributed by atoms with Crippen molar-refractivity contribution in [3.05, 3.63) is 17.2 Å². The van der Waals surface area contributed by atoms with Gasteiger partial charge in [0, 0.05) is 13.1 Å². The maximum atomic E-state index is 11.3. The molecule has 0 fully saturated rings. The van der Waals surface area contributed by atoms with E-state index in [1.807, 2.05) is 18.4 Å². The summed E-state index contributed by atoms with van der Waals surface area (Å²) in [5.41, 5.74) is 1.54. The molecule has 0 unspecified atom stereocenters. The summed E-state index contributed by atoms with van der Waals surface area (Å²) in [5, 5.41) is 2.79. The van der Waals surface area contributed by atoms with E-state index in [0.717, 1.165) is 23.8 Å². The van der Waals surface area contributed by atoms with Crippen LogP contribution >= 0.6 is 0 Å². The molecule has 2 heterocycles. The molecule has 1 N–H and O–H groups in total. The van der Waals surface area contributed by atoms with Crippen molar-refractivity contribution in [3.8, 4) is 0 Å². The number of nitrogens with one attached hydrogen (secondary N) is 1. The van der Waals surface area contributed by atoms with Crippen LogP contribution in [-0.4, -0.2) is 22.0 Å². The zero-order valence-electron chi connectivity index (χ0n) is 7.22. The normalized spacial score (nSPS) is 15.7. The van der Waals surface area contributed by atoms with Gasteiger partial charge in [-0.05, 0) is 13.8 Å². The SMILES string of the molecule is Cc1nc(C)n2c1C(=O)NCC2. The number of amides is 1. The maximum absolute atomic E-state index is 11.3. The standard InChI is InChI=1S/C8H11N3O/c1-5-7-8(12)9-3-4-11(7)6(2)10-5/h3-4H2,1-2H3,(H,9,12). The second-order valence-electron chi connectivity index (χ2n) is 3.00. The summed E-state index contributed by atoms with van der Waals surface area (Å²) >= 11 is 0. The molecule has 1 aromatic heterocycles. The van der Waals surface area contributed by atoms with Gasteiger partial charge in [-0.25, -0.2) is 4.98 Å². The van der Waals surface area contributed by atoms with E-state index in [1.54, 1.807) is 0 Å². The second-order valence-corrected chi connectivity index (χ2v) is 3.00. The van der Waals surface area contributed by atoms with Gasteiger partial charge in [0.15, 0.2) is 0 Å². The van der Waals surface area contributed by atoms with Crippen LogP contribution in [0.4, 0.5) is 0 Å². The lowest BCUT2D eigenvalue weighted by Gasteiger charge is -2.16. The molecule has 0 aliphatic carbocycles. The van der Waals surface area contributed by atoms with Crippen molar-refractivity contribution in [3.63, 3.8) is 0 Å². The lowest BCUT2D eigenvalue weighted by atomic mass is 10.3. The highest BCUT2D eigenvalue weighted by Gasteiger charge is 2.21. The van der Waals surface area contributed by atoms with Crippen LogP contribution < -0.4 is 5.32 Å². The van der Waals surface area contributed by atoms with Gasteiger partial charge in [0.05, 0.1) is 5.69 Å². The fourth-order valence-electron chi connectivity index (χ4n) is 1.64. The van der Waals surface area contributed by atoms with Crippen LogP contribution in [0.15, 0.2) is 0 Å². The summed E-state index contributed by atoms with van der Waals surface area (Å²) in [5.74, 6) is 0.928. The monoisotopic (exact) mass is 165 g/mol. The Labute approximate surface area is 70.6 Å². The summed E-state index contributed by atoms with van der Waals surface area (Å²) in [7, 11) is 0. The number of carbonyl (C=O) groups is 1. The first kappa shape index (κ1) is 7.34. The Morgan fingerprint density at radius 3 is 2.92 bits per heavy atom. The molecule has 1 aliphatic rings. The average molecular weight is 165 g/mol. The Kier molecular flexibility index (Phi) is 1.43. The van der Waals surface area contributed by atoms with Gasteiger partial charge in [-0.15, -0.1) is 0 Å². The molecule has 0 saturated carbocycles. The highest BCUT2D eigenvalue weighted by Crippen LogP contribution is 2.12. The van der Waals surface area contributed by atoms with Gasteiger partial charge in [-0.3, -0.25) is 4.79 Å². The fourth-order valence-corrected chi connectivity index (χ4v) is 1.64. The van der Waals surface area contributed by atoms with Crippen LogP contribution in [0.25, 0.3) is 0 Å². The van der Waals surface area contributed by atoms with E-state index in [2.05, 4.69) is 10.3 Å². The molecule has 0 aromatic carbocycles. The molecule has 1 aliphatic heterocycles. The second kappa shape index (κ2) is 2.33. The van der Waals surface area contributed by atoms with Crippen LogP contribution in [0.5, 0.6) is 0 Å². The molecule has 0 radical (unpaired) electrons. The van der Waals surface area contributed by atoms with Crippen molar-refractivity contribution < 1.29 is 4.79 Å². The Hall–Kier alpha value is -1.32. The Balaban J connectivity index is 2.62. The smallest absolute Gasteiger partial charge is 0.269 e. The summed E-state index contributed by atoms with van der Waals surface area (Å²) < 4.78 is 1.97. The van der Waals surface area contributed by atoms with Gasteiger partial charge in [0.2, 0.25) is 0 Å². The molecule has 1 amide bonds. The van der Waals surface area contributed by atoms with Gasteiger partial charge in [0.25, 0.3) is 5.91 Å². The van der Waals surface area contributed by atoms with Crippen LogP contribution in [0.2, 0.25) is 0 Å². The van der Waals surface area contributed by atoms with Crippen molar-refractivity contribution in [2.75, 3.05) is 6.54 Å². The van der Waals surface area contributed by atoms with E-state index >= 15 is 0 Å². The van der Waals surface area contributed by atoms with Crippen LogP contribution in [0.1, 0.15) is 22.0 Å². The number of aryl methyl sites for hydroxylation is 2. The Morgan fingerprint density at radius 1 is 1.50 bits per heavy atom. The molecule has 4 nitrogen and oxygen atoms in total. The summed E-state index contributed by atoms with van der Waals surface area (Å²) in [6.45, 7) is 5.34. The van der Waals surface area contributed by atoms with E-state index in [9.17, 15) is 4.79 Å². The zero-order valence-corrected chi connectivity index (χ0v) is 7.22. The average Bonchev–Trinajstić information content (AvgIpc) is 2.29. The number of rotatable bonds is 0. The summed E-state index contributed by atoms with van der Waals surface area (Å²) in [6.07, 6.45) is 0. The van der Waals surface area contributed by atoms with Gasteiger partial charge in [-0.2, -0.15) is 0 Å². The molecule has 1 aromatic rings. The topological polar surface area (TPSA) is 46.9 Å². The molecular formula is C8H11N3O. The lowest BCUT2D eigenvalue weighted by Crippen LogP contribution is -2.35. The first-order chi connectivity index (χ1) is 5.70.